The van der Waals surface area contributed by atoms with Gasteiger partial charge in [0.15, 0.2) is 0 Å². The summed E-state index contributed by atoms with van der Waals surface area (Å²) in [6.45, 7) is -1.07. The Morgan fingerprint density at radius 2 is 1.89 bits per heavy atom. The standard InChI is InChI=1S/C11H13F3N2O2/c12-11(13,14)7-18-6-5-16-9-3-1-8(2-4-9)10(15)17/h1-4,16H,5-7H2,(H2,15,17). The summed E-state index contributed by atoms with van der Waals surface area (Å²) in [5.41, 5.74) is 6.10. The number of hydrogen-bond donors (Lipinski definition) is 2. The minimum Gasteiger partial charge on any atom is -0.383 e. The Morgan fingerprint density at radius 1 is 1.28 bits per heavy atom. The fourth-order valence-electron chi connectivity index (χ4n) is 1.21. The summed E-state index contributed by atoms with van der Waals surface area (Å²) in [7, 11) is 0. The van der Waals surface area contributed by atoms with Crippen LogP contribution in [0.4, 0.5) is 18.9 Å². The van der Waals surface area contributed by atoms with E-state index in [1.165, 1.54) is 12.1 Å². The van der Waals surface area contributed by atoms with Crippen molar-refractivity contribution in [2.24, 2.45) is 5.73 Å². The van der Waals surface area contributed by atoms with Gasteiger partial charge in [0.25, 0.3) is 0 Å². The molecule has 7 heteroatoms. The predicted molar refractivity (Wildman–Crippen MR) is 60.3 cm³/mol. The van der Waals surface area contributed by atoms with Gasteiger partial charge in [0.05, 0.1) is 6.61 Å². The number of rotatable bonds is 6. The van der Waals surface area contributed by atoms with Crippen LogP contribution in [-0.2, 0) is 4.74 Å². The van der Waals surface area contributed by atoms with Crippen LogP contribution in [0, 0.1) is 0 Å². The lowest BCUT2D eigenvalue weighted by Gasteiger charge is -2.09. The third kappa shape index (κ3) is 5.53. The van der Waals surface area contributed by atoms with Crippen molar-refractivity contribution in [3.05, 3.63) is 29.8 Å². The van der Waals surface area contributed by atoms with E-state index < -0.39 is 18.7 Å². The molecule has 18 heavy (non-hydrogen) atoms. The molecule has 0 saturated heterocycles. The van der Waals surface area contributed by atoms with Gasteiger partial charge in [-0.1, -0.05) is 0 Å². The molecule has 0 fully saturated rings. The van der Waals surface area contributed by atoms with E-state index in [1.807, 2.05) is 0 Å². The zero-order valence-corrected chi connectivity index (χ0v) is 9.46. The van der Waals surface area contributed by atoms with Crippen LogP contribution in [-0.4, -0.2) is 31.8 Å². The van der Waals surface area contributed by atoms with Crippen LogP contribution in [0.2, 0.25) is 0 Å². The van der Waals surface area contributed by atoms with Gasteiger partial charge in [-0.2, -0.15) is 13.2 Å². The molecule has 0 atom stereocenters. The maximum absolute atomic E-state index is 11.7. The molecule has 0 aliphatic rings. The van der Waals surface area contributed by atoms with Gasteiger partial charge in [-0.15, -0.1) is 0 Å². The van der Waals surface area contributed by atoms with Gasteiger partial charge >= 0.3 is 6.18 Å². The second-order valence-electron chi connectivity index (χ2n) is 3.54. The Balaban J connectivity index is 2.25. The third-order valence-electron chi connectivity index (χ3n) is 2.01. The van der Waals surface area contributed by atoms with Crippen LogP contribution >= 0.6 is 0 Å². The highest BCUT2D eigenvalue weighted by Crippen LogP contribution is 2.14. The largest absolute Gasteiger partial charge is 0.411 e. The molecule has 0 aliphatic carbocycles. The molecule has 0 unspecified atom stereocenters. The van der Waals surface area contributed by atoms with Crippen LogP contribution in [0.25, 0.3) is 0 Å². The van der Waals surface area contributed by atoms with Gasteiger partial charge in [-0.25, -0.2) is 0 Å². The summed E-state index contributed by atoms with van der Waals surface area (Å²) in [4.78, 5) is 10.8. The number of halogens is 3. The molecule has 0 spiro atoms. The summed E-state index contributed by atoms with van der Waals surface area (Å²) in [6.07, 6.45) is -4.30. The second kappa shape index (κ2) is 6.25. The molecule has 0 bridgehead atoms. The van der Waals surface area contributed by atoms with E-state index in [9.17, 15) is 18.0 Å². The van der Waals surface area contributed by atoms with Crippen molar-refractivity contribution in [3.63, 3.8) is 0 Å². The average molecular weight is 262 g/mol. The van der Waals surface area contributed by atoms with Crippen LogP contribution in [0.1, 0.15) is 10.4 Å². The molecule has 1 aromatic carbocycles. The fraction of sp³-hybridized carbons (Fsp3) is 0.364. The normalized spacial score (nSPS) is 11.3. The topological polar surface area (TPSA) is 64.4 Å². The van der Waals surface area contributed by atoms with E-state index in [2.05, 4.69) is 10.1 Å². The quantitative estimate of drug-likeness (QED) is 0.768. The lowest BCUT2D eigenvalue weighted by atomic mass is 10.2. The number of nitrogens with one attached hydrogen (secondary N) is 1. The minimum absolute atomic E-state index is 0.0585. The van der Waals surface area contributed by atoms with Crippen LogP contribution < -0.4 is 11.1 Å². The minimum atomic E-state index is -4.30. The summed E-state index contributed by atoms with van der Waals surface area (Å²) < 4.78 is 39.6. The molecule has 4 nitrogen and oxygen atoms in total. The molecule has 100 valence electrons. The van der Waals surface area contributed by atoms with E-state index in [1.54, 1.807) is 12.1 Å². The van der Waals surface area contributed by atoms with Crippen LogP contribution in [0.15, 0.2) is 24.3 Å². The molecule has 0 radical (unpaired) electrons. The molecular weight excluding hydrogens is 249 g/mol. The van der Waals surface area contributed by atoms with Gasteiger partial charge in [0.1, 0.15) is 6.61 Å². The molecular formula is C11H13F3N2O2. The number of nitrogens with two attached hydrogens (primary N) is 1. The number of hydrogen-bond acceptors (Lipinski definition) is 3. The SMILES string of the molecule is NC(=O)c1ccc(NCCOCC(F)(F)F)cc1. The van der Waals surface area contributed by atoms with Crippen molar-refractivity contribution in [2.45, 2.75) is 6.18 Å². The molecule has 0 aromatic heterocycles. The van der Waals surface area contributed by atoms with Crippen molar-refractivity contribution < 1.29 is 22.7 Å². The number of benzene rings is 1. The first-order chi connectivity index (χ1) is 8.38. The van der Waals surface area contributed by atoms with E-state index in [0.717, 1.165) is 0 Å². The number of primary amides is 1. The maximum Gasteiger partial charge on any atom is 0.411 e. The molecule has 1 aromatic rings. The Labute approximate surface area is 102 Å². The number of ether oxygens (including phenoxy) is 1. The predicted octanol–water partition coefficient (Wildman–Crippen LogP) is 1.78. The summed E-state index contributed by atoms with van der Waals surface area (Å²) >= 11 is 0. The number of carbonyl (C=O) groups is 1. The molecule has 0 saturated carbocycles. The first kappa shape index (κ1) is 14.3. The van der Waals surface area contributed by atoms with Gasteiger partial charge in [-0.3, -0.25) is 4.79 Å². The summed E-state index contributed by atoms with van der Waals surface area (Å²) in [5, 5.41) is 2.85. The second-order valence-corrected chi connectivity index (χ2v) is 3.54. The van der Waals surface area contributed by atoms with E-state index in [4.69, 9.17) is 5.73 Å². The maximum atomic E-state index is 11.7. The van der Waals surface area contributed by atoms with Gasteiger partial charge < -0.3 is 15.8 Å². The Morgan fingerprint density at radius 3 is 2.39 bits per heavy atom. The Hall–Kier alpha value is -1.76. The molecule has 0 aliphatic heterocycles. The van der Waals surface area contributed by atoms with Crippen molar-refractivity contribution in [1.29, 1.82) is 0 Å². The Bertz CT molecular complexity index is 390. The number of alkyl halides is 3. The lowest BCUT2D eigenvalue weighted by Crippen LogP contribution is -2.20. The monoisotopic (exact) mass is 262 g/mol. The van der Waals surface area contributed by atoms with E-state index in [-0.39, 0.29) is 13.2 Å². The highest BCUT2D eigenvalue weighted by atomic mass is 19.4. The highest BCUT2D eigenvalue weighted by molar-refractivity contribution is 5.93. The summed E-state index contributed by atoms with van der Waals surface area (Å²) in [5.74, 6) is -0.532. The molecule has 1 rings (SSSR count). The first-order valence-electron chi connectivity index (χ1n) is 5.17. The van der Waals surface area contributed by atoms with Crippen LogP contribution in [0.5, 0.6) is 0 Å². The van der Waals surface area contributed by atoms with Crippen molar-refractivity contribution >= 4 is 11.6 Å². The van der Waals surface area contributed by atoms with Crippen molar-refractivity contribution in [2.75, 3.05) is 25.1 Å². The molecule has 1 amide bonds. The molecule has 0 heterocycles. The van der Waals surface area contributed by atoms with E-state index in [0.29, 0.717) is 11.3 Å². The lowest BCUT2D eigenvalue weighted by molar-refractivity contribution is -0.172. The summed E-state index contributed by atoms with van der Waals surface area (Å²) in [6, 6.07) is 6.29. The van der Waals surface area contributed by atoms with Gasteiger partial charge in [0.2, 0.25) is 5.91 Å². The zero-order valence-electron chi connectivity index (χ0n) is 9.46. The zero-order chi connectivity index (χ0) is 13.6. The van der Waals surface area contributed by atoms with E-state index >= 15 is 0 Å². The van der Waals surface area contributed by atoms with Crippen molar-refractivity contribution in [3.8, 4) is 0 Å². The average Bonchev–Trinajstić information content (AvgIpc) is 2.27. The molecule has 3 N–H and O–H groups in total. The third-order valence-corrected chi connectivity index (χ3v) is 2.01. The fourth-order valence-corrected chi connectivity index (χ4v) is 1.21. The van der Waals surface area contributed by atoms with Crippen LogP contribution in [0.3, 0.4) is 0 Å². The van der Waals surface area contributed by atoms with Crippen molar-refractivity contribution in [1.82, 2.24) is 0 Å². The number of anilines is 1. The first-order valence-corrected chi connectivity index (χ1v) is 5.17. The smallest absolute Gasteiger partial charge is 0.383 e. The number of amides is 1. The number of carbonyl (C=O) groups excluding carboxylic acids is 1. The van der Waals surface area contributed by atoms with Gasteiger partial charge in [0, 0.05) is 17.8 Å². The highest BCUT2D eigenvalue weighted by Gasteiger charge is 2.27. The van der Waals surface area contributed by atoms with Gasteiger partial charge in [-0.05, 0) is 24.3 Å². The Kier molecular flexibility index (Phi) is 4.96.